The molecule has 0 bridgehead atoms. The number of nitrogens with zero attached hydrogens (tertiary/aromatic N) is 2. The Morgan fingerprint density at radius 3 is 2.83 bits per heavy atom. The molecule has 2 heterocycles. The molecular formula is C14H23N3S. The summed E-state index contributed by atoms with van der Waals surface area (Å²) in [5.74, 6) is 1.62. The smallest absolute Gasteiger partial charge is 0.185 e. The second-order valence-corrected chi connectivity index (χ2v) is 7.00. The van der Waals surface area contributed by atoms with Crippen molar-refractivity contribution in [2.45, 2.75) is 45.6 Å². The van der Waals surface area contributed by atoms with E-state index in [2.05, 4.69) is 18.7 Å². The molecule has 3 unspecified atom stereocenters. The molecule has 1 aliphatic carbocycles. The quantitative estimate of drug-likeness (QED) is 0.849. The summed E-state index contributed by atoms with van der Waals surface area (Å²) in [5.41, 5.74) is 7.47. The highest BCUT2D eigenvalue weighted by molar-refractivity contribution is 7.15. The molecule has 1 aliphatic heterocycles. The van der Waals surface area contributed by atoms with E-state index in [1.54, 1.807) is 0 Å². The lowest BCUT2D eigenvalue weighted by molar-refractivity contribution is 0.323. The van der Waals surface area contributed by atoms with Crippen molar-refractivity contribution in [3.63, 3.8) is 0 Å². The minimum atomic E-state index is 0.237. The second kappa shape index (κ2) is 4.82. The lowest BCUT2D eigenvalue weighted by atomic mass is 9.89. The summed E-state index contributed by atoms with van der Waals surface area (Å²) in [6.07, 6.45) is 4.74. The first-order valence-corrected chi connectivity index (χ1v) is 7.97. The summed E-state index contributed by atoms with van der Waals surface area (Å²) in [6, 6.07) is 0.237. The highest BCUT2D eigenvalue weighted by atomic mass is 32.1. The van der Waals surface area contributed by atoms with E-state index in [0.717, 1.165) is 37.8 Å². The van der Waals surface area contributed by atoms with Gasteiger partial charge in [0.2, 0.25) is 0 Å². The first kappa shape index (κ1) is 12.4. The van der Waals surface area contributed by atoms with Crippen molar-refractivity contribution in [1.29, 1.82) is 0 Å². The molecule has 2 N–H and O–H groups in total. The van der Waals surface area contributed by atoms with Gasteiger partial charge in [-0.2, -0.15) is 0 Å². The maximum absolute atomic E-state index is 6.19. The Kier molecular flexibility index (Phi) is 3.32. The van der Waals surface area contributed by atoms with E-state index in [-0.39, 0.29) is 6.04 Å². The van der Waals surface area contributed by atoms with Crippen LogP contribution in [-0.2, 0) is 6.42 Å². The van der Waals surface area contributed by atoms with E-state index in [4.69, 9.17) is 10.7 Å². The maximum Gasteiger partial charge on any atom is 0.185 e. The van der Waals surface area contributed by atoms with Gasteiger partial charge in [-0.1, -0.05) is 25.2 Å². The van der Waals surface area contributed by atoms with Gasteiger partial charge in [0, 0.05) is 24.0 Å². The predicted octanol–water partition coefficient (Wildman–Crippen LogP) is 2.96. The molecule has 3 rings (SSSR count). The monoisotopic (exact) mass is 265 g/mol. The Morgan fingerprint density at radius 1 is 1.28 bits per heavy atom. The van der Waals surface area contributed by atoms with E-state index in [9.17, 15) is 0 Å². The Balaban J connectivity index is 1.81. The van der Waals surface area contributed by atoms with Gasteiger partial charge in [0.05, 0.1) is 5.69 Å². The Bertz CT molecular complexity index is 429. The van der Waals surface area contributed by atoms with Crippen molar-refractivity contribution < 1.29 is 0 Å². The topological polar surface area (TPSA) is 42.2 Å². The number of fused-ring (bicyclic) bond motifs is 1. The van der Waals surface area contributed by atoms with Crippen LogP contribution in [0.4, 0.5) is 5.13 Å². The molecule has 3 nitrogen and oxygen atoms in total. The molecule has 18 heavy (non-hydrogen) atoms. The van der Waals surface area contributed by atoms with Crippen LogP contribution in [0.3, 0.4) is 0 Å². The van der Waals surface area contributed by atoms with Crippen LogP contribution in [0.25, 0.3) is 0 Å². The van der Waals surface area contributed by atoms with Crippen molar-refractivity contribution >= 4 is 16.5 Å². The molecule has 2 aliphatic rings. The lowest BCUT2D eigenvalue weighted by Crippen LogP contribution is -2.38. The second-order valence-electron chi connectivity index (χ2n) is 6.00. The van der Waals surface area contributed by atoms with Gasteiger partial charge in [0.25, 0.3) is 0 Å². The molecule has 1 saturated heterocycles. The molecule has 0 spiro atoms. The first-order chi connectivity index (χ1) is 8.65. The van der Waals surface area contributed by atoms with E-state index in [0.29, 0.717) is 0 Å². The van der Waals surface area contributed by atoms with Crippen molar-refractivity contribution in [3.8, 4) is 0 Å². The van der Waals surface area contributed by atoms with E-state index < -0.39 is 0 Å². The summed E-state index contributed by atoms with van der Waals surface area (Å²) in [7, 11) is 0. The number of aromatic nitrogens is 1. The zero-order valence-corrected chi connectivity index (χ0v) is 12.2. The SMILES string of the molecule is CC1CCN(c2nc3c(s2)C(N)CCC3)CC1C. The average molecular weight is 265 g/mol. The van der Waals surface area contributed by atoms with Crippen molar-refractivity contribution in [2.24, 2.45) is 17.6 Å². The average Bonchev–Trinajstić information content (AvgIpc) is 2.78. The number of hydrogen-bond acceptors (Lipinski definition) is 4. The van der Waals surface area contributed by atoms with Crippen LogP contribution in [0.15, 0.2) is 0 Å². The Labute approximate surface area is 113 Å². The number of thiazole rings is 1. The van der Waals surface area contributed by atoms with Crippen LogP contribution in [0.5, 0.6) is 0 Å². The van der Waals surface area contributed by atoms with Gasteiger partial charge in [-0.3, -0.25) is 0 Å². The van der Waals surface area contributed by atoms with Crippen LogP contribution in [0, 0.1) is 11.8 Å². The van der Waals surface area contributed by atoms with Crippen molar-refractivity contribution in [3.05, 3.63) is 10.6 Å². The molecule has 1 aromatic rings. The van der Waals surface area contributed by atoms with Crippen molar-refractivity contribution in [2.75, 3.05) is 18.0 Å². The summed E-state index contributed by atoms with van der Waals surface area (Å²) in [6.45, 7) is 7.04. The molecular weight excluding hydrogens is 242 g/mol. The summed E-state index contributed by atoms with van der Waals surface area (Å²) >= 11 is 1.84. The molecule has 1 fully saturated rings. The first-order valence-electron chi connectivity index (χ1n) is 7.15. The fraction of sp³-hybridized carbons (Fsp3) is 0.786. The maximum atomic E-state index is 6.19. The molecule has 100 valence electrons. The molecule has 0 aromatic carbocycles. The molecule has 3 atom stereocenters. The molecule has 0 saturated carbocycles. The fourth-order valence-corrected chi connectivity index (χ4v) is 4.19. The number of rotatable bonds is 1. The third-order valence-electron chi connectivity index (χ3n) is 4.59. The highest BCUT2D eigenvalue weighted by Gasteiger charge is 2.27. The molecule has 4 heteroatoms. The minimum absolute atomic E-state index is 0.237. The largest absolute Gasteiger partial charge is 0.348 e. The van der Waals surface area contributed by atoms with Gasteiger partial charge in [0.1, 0.15) is 0 Å². The zero-order chi connectivity index (χ0) is 12.7. The Hall–Kier alpha value is -0.610. The number of hydrogen-bond donors (Lipinski definition) is 1. The summed E-state index contributed by atoms with van der Waals surface area (Å²) in [5, 5.41) is 1.22. The van der Waals surface area contributed by atoms with Crippen LogP contribution in [0.1, 0.15) is 49.7 Å². The van der Waals surface area contributed by atoms with Crippen LogP contribution >= 0.6 is 11.3 Å². The summed E-state index contributed by atoms with van der Waals surface area (Å²) in [4.78, 5) is 8.67. The van der Waals surface area contributed by atoms with Gasteiger partial charge >= 0.3 is 0 Å². The predicted molar refractivity (Wildman–Crippen MR) is 77.1 cm³/mol. The fourth-order valence-electron chi connectivity index (χ4n) is 3.01. The van der Waals surface area contributed by atoms with Crippen molar-refractivity contribution in [1.82, 2.24) is 4.98 Å². The zero-order valence-electron chi connectivity index (χ0n) is 11.4. The van der Waals surface area contributed by atoms with Crippen LogP contribution < -0.4 is 10.6 Å². The number of aryl methyl sites for hydroxylation is 1. The standard InChI is InChI=1S/C14H23N3S/c1-9-6-7-17(8-10(9)2)14-16-12-5-3-4-11(15)13(12)18-14/h9-11H,3-8,15H2,1-2H3. The number of nitrogens with two attached hydrogens (primary N) is 1. The van der Waals surface area contributed by atoms with Gasteiger partial charge < -0.3 is 10.6 Å². The van der Waals surface area contributed by atoms with E-state index >= 15 is 0 Å². The van der Waals surface area contributed by atoms with Crippen LogP contribution in [-0.4, -0.2) is 18.1 Å². The lowest BCUT2D eigenvalue weighted by Gasteiger charge is -2.35. The van der Waals surface area contributed by atoms with Crippen LogP contribution in [0.2, 0.25) is 0 Å². The van der Waals surface area contributed by atoms with E-state index in [1.807, 2.05) is 11.3 Å². The van der Waals surface area contributed by atoms with Gasteiger partial charge in [-0.25, -0.2) is 4.98 Å². The van der Waals surface area contributed by atoms with Gasteiger partial charge in [-0.15, -0.1) is 0 Å². The number of anilines is 1. The molecule has 0 radical (unpaired) electrons. The minimum Gasteiger partial charge on any atom is -0.348 e. The van der Waals surface area contributed by atoms with Gasteiger partial charge in [0.15, 0.2) is 5.13 Å². The molecule has 1 aromatic heterocycles. The molecule has 0 amide bonds. The Morgan fingerprint density at radius 2 is 2.11 bits per heavy atom. The summed E-state index contributed by atoms with van der Waals surface area (Å²) < 4.78 is 0. The normalized spacial score (nSPS) is 32.4. The third kappa shape index (κ3) is 2.16. The van der Waals surface area contributed by atoms with E-state index in [1.165, 1.54) is 28.5 Å². The highest BCUT2D eigenvalue weighted by Crippen LogP contribution is 2.38. The third-order valence-corrected chi connectivity index (χ3v) is 5.88. The number of piperidine rings is 1. The van der Waals surface area contributed by atoms with Gasteiger partial charge in [-0.05, 0) is 37.5 Å².